The highest BCUT2D eigenvalue weighted by atomic mass is 16.7. The molecule has 0 radical (unpaired) electrons. The van der Waals surface area contributed by atoms with Crippen molar-refractivity contribution in [2.24, 2.45) is 0 Å². The fraction of sp³-hybridized carbons (Fsp3) is 0.318. The average Bonchev–Trinajstić information content (AvgIpc) is 3.23. The number of ether oxygens (including phenoxy) is 4. The van der Waals surface area contributed by atoms with Gasteiger partial charge in [0, 0.05) is 18.5 Å². The lowest BCUT2D eigenvalue weighted by atomic mass is 10.1. The first-order valence-corrected chi connectivity index (χ1v) is 9.58. The van der Waals surface area contributed by atoms with E-state index in [1.54, 1.807) is 43.3 Å². The highest BCUT2D eigenvalue weighted by Gasteiger charge is 2.19. The molecule has 2 aromatic carbocycles. The van der Waals surface area contributed by atoms with Crippen LogP contribution in [-0.4, -0.2) is 37.2 Å². The van der Waals surface area contributed by atoms with Crippen molar-refractivity contribution in [3.8, 4) is 17.2 Å². The van der Waals surface area contributed by atoms with E-state index in [1.165, 1.54) is 6.92 Å². The van der Waals surface area contributed by atoms with Crippen LogP contribution in [0.4, 0.5) is 0 Å². The summed E-state index contributed by atoms with van der Waals surface area (Å²) in [7, 11) is 0. The van der Waals surface area contributed by atoms with Crippen LogP contribution in [0.15, 0.2) is 42.5 Å². The van der Waals surface area contributed by atoms with Crippen LogP contribution in [-0.2, 0) is 20.9 Å². The van der Waals surface area contributed by atoms with Gasteiger partial charge in [-0.25, -0.2) is 4.79 Å². The SMILES string of the molecule is CCC(=O)c1ccc(OCC(=O)O[C@@H](C)C(=O)NCc2ccc3c(c2)OCO3)cc1. The summed E-state index contributed by atoms with van der Waals surface area (Å²) in [4.78, 5) is 35.7. The van der Waals surface area contributed by atoms with Gasteiger partial charge < -0.3 is 24.3 Å². The topological polar surface area (TPSA) is 100 Å². The number of rotatable bonds is 9. The Balaban J connectivity index is 1.41. The second-order valence-corrected chi connectivity index (χ2v) is 6.63. The number of fused-ring (bicyclic) bond motifs is 1. The molecule has 1 N–H and O–H groups in total. The fourth-order valence-electron chi connectivity index (χ4n) is 2.75. The van der Waals surface area contributed by atoms with Crippen molar-refractivity contribution in [2.75, 3.05) is 13.4 Å². The van der Waals surface area contributed by atoms with Gasteiger partial charge in [-0.15, -0.1) is 0 Å². The fourth-order valence-corrected chi connectivity index (χ4v) is 2.75. The number of ketones is 1. The van der Waals surface area contributed by atoms with Gasteiger partial charge in [-0.1, -0.05) is 13.0 Å². The number of nitrogens with one attached hydrogen (secondary N) is 1. The van der Waals surface area contributed by atoms with Gasteiger partial charge in [0.15, 0.2) is 30.0 Å². The molecule has 3 rings (SSSR count). The number of carbonyl (C=O) groups is 3. The van der Waals surface area contributed by atoms with Crippen molar-refractivity contribution in [2.45, 2.75) is 32.9 Å². The molecule has 0 aliphatic carbocycles. The Morgan fingerprint density at radius 1 is 1.07 bits per heavy atom. The second kappa shape index (κ2) is 9.78. The molecule has 1 aliphatic heterocycles. The quantitative estimate of drug-likeness (QED) is 0.498. The van der Waals surface area contributed by atoms with E-state index >= 15 is 0 Å². The van der Waals surface area contributed by atoms with Crippen molar-refractivity contribution in [1.82, 2.24) is 5.32 Å². The molecule has 1 heterocycles. The van der Waals surface area contributed by atoms with Gasteiger partial charge in [-0.2, -0.15) is 0 Å². The molecule has 0 fully saturated rings. The van der Waals surface area contributed by atoms with E-state index in [0.717, 1.165) is 5.56 Å². The van der Waals surface area contributed by atoms with Crippen LogP contribution in [0.2, 0.25) is 0 Å². The van der Waals surface area contributed by atoms with Gasteiger partial charge in [-0.05, 0) is 48.9 Å². The molecule has 1 aliphatic rings. The van der Waals surface area contributed by atoms with E-state index in [-0.39, 0.29) is 25.7 Å². The predicted molar refractivity (Wildman–Crippen MR) is 107 cm³/mol. The molecule has 30 heavy (non-hydrogen) atoms. The van der Waals surface area contributed by atoms with E-state index in [4.69, 9.17) is 18.9 Å². The van der Waals surface area contributed by atoms with Crippen molar-refractivity contribution in [1.29, 1.82) is 0 Å². The molecular weight excluding hydrogens is 390 g/mol. The first kappa shape index (κ1) is 21.2. The Morgan fingerprint density at radius 3 is 2.53 bits per heavy atom. The molecule has 1 amide bonds. The summed E-state index contributed by atoms with van der Waals surface area (Å²) in [6.07, 6.45) is -0.555. The van der Waals surface area contributed by atoms with E-state index in [1.807, 2.05) is 6.07 Å². The van der Waals surface area contributed by atoms with E-state index in [2.05, 4.69) is 5.32 Å². The molecule has 0 saturated heterocycles. The van der Waals surface area contributed by atoms with Crippen LogP contribution >= 0.6 is 0 Å². The summed E-state index contributed by atoms with van der Waals surface area (Å²) >= 11 is 0. The first-order valence-electron chi connectivity index (χ1n) is 9.58. The zero-order chi connectivity index (χ0) is 21.5. The highest BCUT2D eigenvalue weighted by molar-refractivity contribution is 5.95. The first-order chi connectivity index (χ1) is 14.5. The van der Waals surface area contributed by atoms with Crippen molar-refractivity contribution in [3.63, 3.8) is 0 Å². The monoisotopic (exact) mass is 413 g/mol. The Hall–Kier alpha value is -3.55. The van der Waals surface area contributed by atoms with Gasteiger partial charge in [-0.3, -0.25) is 9.59 Å². The second-order valence-electron chi connectivity index (χ2n) is 6.63. The van der Waals surface area contributed by atoms with Gasteiger partial charge >= 0.3 is 5.97 Å². The Morgan fingerprint density at radius 2 is 1.80 bits per heavy atom. The molecular formula is C22H23NO7. The largest absolute Gasteiger partial charge is 0.482 e. The lowest BCUT2D eigenvalue weighted by molar-refractivity contribution is -0.156. The Bertz CT molecular complexity index is 924. The highest BCUT2D eigenvalue weighted by Crippen LogP contribution is 2.32. The summed E-state index contributed by atoms with van der Waals surface area (Å²) < 4.78 is 21.0. The molecule has 158 valence electrons. The average molecular weight is 413 g/mol. The van der Waals surface area contributed by atoms with Gasteiger partial charge in [0.2, 0.25) is 6.79 Å². The molecule has 0 aromatic heterocycles. The van der Waals surface area contributed by atoms with Gasteiger partial charge in [0.1, 0.15) is 5.75 Å². The molecule has 2 aromatic rings. The smallest absolute Gasteiger partial charge is 0.344 e. The van der Waals surface area contributed by atoms with Crippen LogP contribution in [0.5, 0.6) is 17.2 Å². The van der Waals surface area contributed by atoms with Crippen molar-refractivity contribution >= 4 is 17.7 Å². The normalized spacial score (nSPS) is 12.7. The molecule has 0 saturated carbocycles. The Kier molecular flexibility index (Phi) is 6.90. The summed E-state index contributed by atoms with van der Waals surface area (Å²) in [6.45, 7) is 3.37. The molecule has 0 spiro atoms. The molecule has 8 nitrogen and oxygen atoms in total. The predicted octanol–water partition coefficient (Wildman–Crippen LogP) is 2.63. The number of Topliss-reactive ketones (excluding diaryl/α,β-unsaturated/α-hetero) is 1. The maximum Gasteiger partial charge on any atom is 0.344 e. The minimum atomic E-state index is -0.973. The minimum Gasteiger partial charge on any atom is -0.482 e. The van der Waals surface area contributed by atoms with E-state index < -0.39 is 18.0 Å². The summed E-state index contributed by atoms with van der Waals surface area (Å²) in [5, 5.41) is 2.71. The maximum absolute atomic E-state index is 12.2. The number of hydrogen-bond donors (Lipinski definition) is 1. The van der Waals surface area contributed by atoms with Crippen LogP contribution in [0.1, 0.15) is 36.2 Å². The van der Waals surface area contributed by atoms with E-state index in [9.17, 15) is 14.4 Å². The number of carbonyl (C=O) groups excluding carboxylic acids is 3. The number of hydrogen-bond acceptors (Lipinski definition) is 7. The van der Waals surface area contributed by atoms with Crippen LogP contribution < -0.4 is 19.5 Å². The lowest BCUT2D eigenvalue weighted by Gasteiger charge is -2.14. The van der Waals surface area contributed by atoms with Crippen LogP contribution in [0.25, 0.3) is 0 Å². The summed E-state index contributed by atoms with van der Waals surface area (Å²) in [5.41, 5.74) is 1.42. The maximum atomic E-state index is 12.2. The van der Waals surface area contributed by atoms with Crippen molar-refractivity contribution in [3.05, 3.63) is 53.6 Å². The molecule has 0 bridgehead atoms. The summed E-state index contributed by atoms with van der Waals surface area (Å²) in [5.74, 6) is 0.656. The third-order valence-corrected chi connectivity index (χ3v) is 4.44. The van der Waals surface area contributed by atoms with E-state index in [0.29, 0.717) is 29.2 Å². The zero-order valence-electron chi connectivity index (χ0n) is 16.8. The number of esters is 1. The summed E-state index contributed by atoms with van der Waals surface area (Å²) in [6, 6.07) is 11.9. The molecule has 8 heteroatoms. The zero-order valence-corrected chi connectivity index (χ0v) is 16.8. The van der Waals surface area contributed by atoms with Crippen LogP contribution in [0, 0.1) is 0 Å². The third kappa shape index (κ3) is 5.50. The lowest BCUT2D eigenvalue weighted by Crippen LogP contribution is -2.36. The van der Waals surface area contributed by atoms with Crippen molar-refractivity contribution < 1.29 is 33.3 Å². The standard InChI is InChI=1S/C22H23NO7/c1-3-18(24)16-5-7-17(8-6-16)27-12-21(25)30-14(2)22(26)23-11-15-4-9-19-20(10-15)29-13-28-19/h4-10,14H,3,11-13H2,1-2H3,(H,23,26)/t14-/m0/s1. The third-order valence-electron chi connectivity index (χ3n) is 4.44. The number of amides is 1. The molecule has 1 atom stereocenters. The minimum absolute atomic E-state index is 0.0292. The van der Waals surface area contributed by atoms with Gasteiger partial charge in [0.05, 0.1) is 0 Å². The Labute approximate surface area is 174 Å². The molecule has 0 unspecified atom stereocenters. The van der Waals surface area contributed by atoms with Gasteiger partial charge in [0.25, 0.3) is 5.91 Å². The number of benzene rings is 2. The van der Waals surface area contributed by atoms with Crippen LogP contribution in [0.3, 0.4) is 0 Å².